The summed E-state index contributed by atoms with van der Waals surface area (Å²) in [6.07, 6.45) is 4.20. The lowest BCUT2D eigenvalue weighted by Gasteiger charge is -2.18. The fourth-order valence-electron chi connectivity index (χ4n) is 2.58. The number of carbonyl (C=O) groups excluding carboxylic acids is 1. The molecule has 0 aliphatic rings. The minimum absolute atomic E-state index is 0.0286. The second-order valence-electron chi connectivity index (χ2n) is 6.27. The molecule has 1 amide bonds. The van der Waals surface area contributed by atoms with Gasteiger partial charge in [-0.3, -0.25) is 9.78 Å². The van der Waals surface area contributed by atoms with Crippen LogP contribution in [-0.4, -0.2) is 34.5 Å². The summed E-state index contributed by atoms with van der Waals surface area (Å²) in [5, 5.41) is 2.24. The van der Waals surface area contributed by atoms with Gasteiger partial charge >= 0.3 is 0 Å². The van der Waals surface area contributed by atoms with E-state index in [1.54, 1.807) is 19.3 Å². The molecule has 0 unspecified atom stereocenters. The van der Waals surface area contributed by atoms with Crippen molar-refractivity contribution in [1.29, 1.82) is 0 Å². The van der Waals surface area contributed by atoms with E-state index >= 15 is 0 Å². The largest absolute Gasteiger partial charge is 0.344 e. The molecule has 0 saturated heterocycles. The molecule has 8 heteroatoms. The highest BCUT2D eigenvalue weighted by Crippen LogP contribution is 2.19. The molecule has 3 rings (SSSR count). The van der Waals surface area contributed by atoms with Crippen LogP contribution < -0.4 is 10.2 Å². The Morgan fingerprint density at radius 2 is 1.79 bits per heavy atom. The number of nitrogens with zero attached hydrogens (tertiary/aromatic N) is 4. The van der Waals surface area contributed by atoms with Gasteiger partial charge in [-0.1, -0.05) is 6.07 Å². The number of benzene rings is 1. The molecule has 0 aliphatic carbocycles. The van der Waals surface area contributed by atoms with E-state index in [1.807, 2.05) is 24.1 Å². The van der Waals surface area contributed by atoms with Crippen LogP contribution >= 0.6 is 0 Å². The van der Waals surface area contributed by atoms with Crippen molar-refractivity contribution in [3.05, 3.63) is 77.4 Å². The van der Waals surface area contributed by atoms with Gasteiger partial charge in [-0.15, -0.1) is 0 Å². The smallest absolute Gasteiger partial charge is 0.274 e. The van der Waals surface area contributed by atoms with Gasteiger partial charge in [0.15, 0.2) is 0 Å². The number of nitrogens with one attached hydrogen (secondary N) is 1. The van der Waals surface area contributed by atoms with E-state index in [0.29, 0.717) is 18.2 Å². The molecule has 2 heterocycles. The third kappa shape index (κ3) is 4.64. The van der Waals surface area contributed by atoms with Gasteiger partial charge in [-0.05, 0) is 49.2 Å². The van der Waals surface area contributed by atoms with E-state index in [-0.39, 0.29) is 5.69 Å². The van der Waals surface area contributed by atoms with Crippen LogP contribution in [0.2, 0.25) is 0 Å². The summed E-state index contributed by atoms with van der Waals surface area (Å²) < 4.78 is 27.5. The molecular formula is C20H19F2N5O. The first kappa shape index (κ1) is 19.3. The number of likely N-dealkylation sites (N-methyl/N-ethyl adjacent to an activating group) is 1. The Bertz CT molecular complexity index is 961. The van der Waals surface area contributed by atoms with Gasteiger partial charge in [0.1, 0.15) is 23.0 Å². The number of aryl methyl sites for hydroxylation is 1. The van der Waals surface area contributed by atoms with Crippen LogP contribution in [0.1, 0.15) is 21.7 Å². The summed E-state index contributed by atoms with van der Waals surface area (Å²) in [6.45, 7) is 2.35. The second-order valence-corrected chi connectivity index (χ2v) is 6.27. The van der Waals surface area contributed by atoms with Crippen LogP contribution in [0.4, 0.5) is 20.4 Å². The molecule has 28 heavy (non-hydrogen) atoms. The van der Waals surface area contributed by atoms with Crippen LogP contribution in [0, 0.1) is 18.6 Å². The van der Waals surface area contributed by atoms with Crippen molar-refractivity contribution in [2.75, 3.05) is 23.8 Å². The number of aromatic nitrogens is 3. The molecule has 0 radical (unpaired) electrons. The quantitative estimate of drug-likeness (QED) is 0.707. The number of carbonyl (C=O) groups is 1. The molecule has 0 fully saturated rings. The molecule has 0 saturated carbocycles. The van der Waals surface area contributed by atoms with Crippen LogP contribution in [0.15, 0.2) is 48.8 Å². The number of hydrogen-bond acceptors (Lipinski definition) is 5. The summed E-state index contributed by atoms with van der Waals surface area (Å²) in [4.78, 5) is 26.9. The predicted molar refractivity (Wildman–Crippen MR) is 102 cm³/mol. The zero-order valence-corrected chi connectivity index (χ0v) is 15.5. The van der Waals surface area contributed by atoms with Crippen molar-refractivity contribution in [1.82, 2.24) is 15.0 Å². The molecule has 0 aliphatic heterocycles. The van der Waals surface area contributed by atoms with Gasteiger partial charge in [-0.2, -0.15) is 0 Å². The fraction of sp³-hybridized carbons (Fsp3) is 0.200. The SMILES string of the molecule is Cc1cc(C(=O)Nc2c(F)cccc2F)nc(N(C)CCc2ccncc2)n1. The standard InChI is InChI=1S/C20H19F2N5O/c1-13-12-17(19(28)26-18-15(21)4-3-5-16(18)22)25-20(24-13)27(2)11-8-14-6-9-23-10-7-14/h3-7,9-10,12H,8,11H2,1-2H3,(H,26,28). The first-order chi connectivity index (χ1) is 13.4. The average Bonchev–Trinajstić information content (AvgIpc) is 2.69. The minimum atomic E-state index is -0.853. The van der Waals surface area contributed by atoms with E-state index in [9.17, 15) is 13.6 Å². The fourth-order valence-corrected chi connectivity index (χ4v) is 2.58. The highest BCUT2D eigenvalue weighted by molar-refractivity contribution is 6.03. The monoisotopic (exact) mass is 383 g/mol. The van der Waals surface area contributed by atoms with E-state index < -0.39 is 23.2 Å². The van der Waals surface area contributed by atoms with Gasteiger partial charge in [0, 0.05) is 31.7 Å². The number of hydrogen-bond donors (Lipinski definition) is 1. The number of rotatable bonds is 6. The second kappa shape index (κ2) is 8.51. The normalized spacial score (nSPS) is 10.6. The van der Waals surface area contributed by atoms with Crippen LogP contribution in [-0.2, 0) is 6.42 Å². The van der Waals surface area contributed by atoms with Gasteiger partial charge in [0.05, 0.1) is 0 Å². The maximum Gasteiger partial charge on any atom is 0.274 e. The molecule has 2 aromatic heterocycles. The zero-order chi connectivity index (χ0) is 20.1. The Morgan fingerprint density at radius 1 is 1.11 bits per heavy atom. The van der Waals surface area contributed by atoms with Crippen LogP contribution in [0.25, 0.3) is 0 Å². The third-order valence-electron chi connectivity index (χ3n) is 4.10. The first-order valence-corrected chi connectivity index (χ1v) is 8.65. The van der Waals surface area contributed by atoms with Crippen molar-refractivity contribution in [2.24, 2.45) is 0 Å². The van der Waals surface area contributed by atoms with Crippen molar-refractivity contribution < 1.29 is 13.6 Å². The van der Waals surface area contributed by atoms with Crippen molar-refractivity contribution in [2.45, 2.75) is 13.3 Å². The number of para-hydroxylation sites is 1. The molecule has 3 aromatic rings. The van der Waals surface area contributed by atoms with E-state index in [4.69, 9.17) is 0 Å². The summed E-state index contributed by atoms with van der Waals surface area (Å²) in [5.74, 6) is -2.06. The molecular weight excluding hydrogens is 364 g/mol. The molecule has 0 atom stereocenters. The number of amides is 1. The van der Waals surface area contributed by atoms with E-state index in [1.165, 1.54) is 12.1 Å². The zero-order valence-electron chi connectivity index (χ0n) is 15.5. The topological polar surface area (TPSA) is 71.0 Å². The van der Waals surface area contributed by atoms with Gasteiger partial charge in [0.2, 0.25) is 5.95 Å². The lowest BCUT2D eigenvalue weighted by Crippen LogP contribution is -2.25. The molecule has 6 nitrogen and oxygen atoms in total. The van der Waals surface area contributed by atoms with E-state index in [2.05, 4.69) is 20.3 Å². The van der Waals surface area contributed by atoms with Crippen molar-refractivity contribution >= 4 is 17.5 Å². The molecule has 0 bridgehead atoms. The number of anilines is 2. The van der Waals surface area contributed by atoms with Crippen LogP contribution in [0.3, 0.4) is 0 Å². The summed E-state index contributed by atoms with van der Waals surface area (Å²) in [5.41, 5.74) is 1.21. The van der Waals surface area contributed by atoms with E-state index in [0.717, 1.165) is 24.1 Å². The van der Waals surface area contributed by atoms with Gasteiger partial charge < -0.3 is 10.2 Å². The van der Waals surface area contributed by atoms with Crippen molar-refractivity contribution in [3.8, 4) is 0 Å². The molecule has 0 spiro atoms. The van der Waals surface area contributed by atoms with Gasteiger partial charge in [-0.25, -0.2) is 18.7 Å². The minimum Gasteiger partial charge on any atom is -0.344 e. The van der Waals surface area contributed by atoms with Crippen molar-refractivity contribution in [3.63, 3.8) is 0 Å². The number of halogens is 2. The molecule has 1 aromatic carbocycles. The Labute approximate surface area is 161 Å². The Kier molecular flexibility index (Phi) is 5.88. The average molecular weight is 383 g/mol. The Hall–Kier alpha value is -3.42. The Balaban J connectivity index is 1.76. The number of pyridine rings is 1. The molecule has 144 valence electrons. The Morgan fingerprint density at radius 3 is 2.46 bits per heavy atom. The summed E-state index contributed by atoms with van der Waals surface area (Å²) >= 11 is 0. The first-order valence-electron chi connectivity index (χ1n) is 8.65. The summed E-state index contributed by atoms with van der Waals surface area (Å²) in [7, 11) is 1.81. The maximum atomic E-state index is 13.8. The predicted octanol–water partition coefficient (Wildman–Crippen LogP) is 3.39. The molecule has 1 N–H and O–H groups in total. The van der Waals surface area contributed by atoms with Gasteiger partial charge in [0.25, 0.3) is 5.91 Å². The lowest BCUT2D eigenvalue weighted by molar-refractivity contribution is 0.102. The summed E-state index contributed by atoms with van der Waals surface area (Å²) in [6, 6.07) is 8.68. The lowest BCUT2D eigenvalue weighted by atomic mass is 10.2. The highest BCUT2D eigenvalue weighted by Gasteiger charge is 2.17. The van der Waals surface area contributed by atoms with Crippen LogP contribution in [0.5, 0.6) is 0 Å². The third-order valence-corrected chi connectivity index (χ3v) is 4.10. The highest BCUT2D eigenvalue weighted by atomic mass is 19.1. The maximum absolute atomic E-state index is 13.8.